The number of ether oxygens (including phenoxy) is 2. The molecule has 0 aliphatic carbocycles. The molecule has 0 fully saturated rings. The molecule has 0 saturated heterocycles. The maximum absolute atomic E-state index is 12.0. The van der Waals surface area contributed by atoms with Gasteiger partial charge < -0.3 is 14.8 Å². The van der Waals surface area contributed by atoms with Gasteiger partial charge in [-0.3, -0.25) is 9.48 Å². The first-order chi connectivity index (χ1) is 11.8. The van der Waals surface area contributed by atoms with Gasteiger partial charge in [0.25, 0.3) is 5.91 Å². The monoisotopic (exact) mass is 341 g/mol. The zero-order valence-electron chi connectivity index (χ0n) is 12.7. The van der Waals surface area contributed by atoms with Crippen LogP contribution in [0.4, 0.5) is 5.69 Å². The highest BCUT2D eigenvalue weighted by Crippen LogP contribution is 2.31. The molecule has 1 aromatic carbocycles. The Morgan fingerprint density at radius 3 is 3.00 bits per heavy atom. The van der Waals surface area contributed by atoms with E-state index in [1.807, 2.05) is 35.7 Å². The molecular formula is C17H15N3O3S. The molecule has 1 aliphatic heterocycles. The van der Waals surface area contributed by atoms with Gasteiger partial charge in [0.15, 0.2) is 17.6 Å². The van der Waals surface area contributed by atoms with E-state index in [4.69, 9.17) is 9.47 Å². The van der Waals surface area contributed by atoms with Gasteiger partial charge in [-0.1, -0.05) is 18.2 Å². The van der Waals surface area contributed by atoms with Gasteiger partial charge in [-0.25, -0.2) is 0 Å². The van der Waals surface area contributed by atoms with Gasteiger partial charge in [0.1, 0.15) is 6.61 Å². The topological polar surface area (TPSA) is 65.4 Å². The summed E-state index contributed by atoms with van der Waals surface area (Å²) in [5, 5.41) is 8.98. The SMILES string of the molecule is O=C(Nc1cnn(C[C@H]2COc3ccccc3O2)c1)c1cccs1. The Labute approximate surface area is 142 Å². The van der Waals surface area contributed by atoms with E-state index < -0.39 is 0 Å². The van der Waals surface area contributed by atoms with Crippen LogP contribution in [-0.4, -0.2) is 28.4 Å². The Morgan fingerprint density at radius 1 is 1.29 bits per heavy atom. The molecular weight excluding hydrogens is 326 g/mol. The highest BCUT2D eigenvalue weighted by molar-refractivity contribution is 7.12. The van der Waals surface area contributed by atoms with E-state index in [9.17, 15) is 4.79 Å². The Bertz CT molecular complexity index is 844. The lowest BCUT2D eigenvalue weighted by molar-refractivity contribution is 0.0759. The number of hydrogen-bond donors (Lipinski definition) is 1. The van der Waals surface area contributed by atoms with Crippen LogP contribution in [0.2, 0.25) is 0 Å². The molecule has 0 saturated carbocycles. The fourth-order valence-electron chi connectivity index (χ4n) is 2.49. The zero-order valence-corrected chi connectivity index (χ0v) is 13.5. The van der Waals surface area contributed by atoms with Crippen molar-refractivity contribution >= 4 is 22.9 Å². The Morgan fingerprint density at radius 2 is 2.17 bits per heavy atom. The van der Waals surface area contributed by atoms with Crippen molar-refractivity contribution in [2.24, 2.45) is 0 Å². The Balaban J connectivity index is 1.38. The van der Waals surface area contributed by atoms with Crippen LogP contribution >= 0.6 is 11.3 Å². The van der Waals surface area contributed by atoms with Gasteiger partial charge >= 0.3 is 0 Å². The fraction of sp³-hybridized carbons (Fsp3) is 0.176. The fourth-order valence-corrected chi connectivity index (χ4v) is 3.11. The minimum Gasteiger partial charge on any atom is -0.486 e. The Hall–Kier alpha value is -2.80. The highest BCUT2D eigenvalue weighted by Gasteiger charge is 2.21. The molecule has 3 heterocycles. The van der Waals surface area contributed by atoms with Crippen LogP contribution < -0.4 is 14.8 Å². The zero-order chi connectivity index (χ0) is 16.4. The lowest BCUT2D eigenvalue weighted by Crippen LogP contribution is -2.33. The number of fused-ring (bicyclic) bond motifs is 1. The van der Waals surface area contributed by atoms with Crippen molar-refractivity contribution in [1.82, 2.24) is 9.78 Å². The second-order valence-electron chi connectivity index (χ2n) is 5.38. The highest BCUT2D eigenvalue weighted by atomic mass is 32.1. The molecule has 1 aliphatic rings. The van der Waals surface area contributed by atoms with Gasteiger partial charge in [-0.15, -0.1) is 11.3 Å². The number of amides is 1. The summed E-state index contributed by atoms with van der Waals surface area (Å²) in [4.78, 5) is 12.7. The number of aromatic nitrogens is 2. The van der Waals surface area contributed by atoms with E-state index in [-0.39, 0.29) is 12.0 Å². The largest absolute Gasteiger partial charge is 0.486 e. The number of hydrogen-bond acceptors (Lipinski definition) is 5. The standard InChI is InChI=1S/C17H15N3O3S/c21-17(16-6-3-7-24-16)19-12-8-18-20(9-12)10-13-11-22-14-4-1-2-5-15(14)23-13/h1-9,13H,10-11H2,(H,19,21)/t13-/m0/s1. The van der Waals surface area contributed by atoms with Crippen LogP contribution in [0, 0.1) is 0 Å². The van der Waals surface area contributed by atoms with Crippen LogP contribution in [-0.2, 0) is 6.54 Å². The first-order valence-electron chi connectivity index (χ1n) is 7.54. The molecule has 6 nitrogen and oxygen atoms in total. The van der Waals surface area contributed by atoms with E-state index >= 15 is 0 Å². The molecule has 122 valence electrons. The second kappa shape index (κ2) is 6.37. The molecule has 3 aromatic rings. The normalized spacial score (nSPS) is 15.9. The average molecular weight is 341 g/mol. The number of benzene rings is 1. The molecule has 1 amide bonds. The molecule has 1 atom stereocenters. The third kappa shape index (κ3) is 3.11. The third-order valence-corrected chi connectivity index (χ3v) is 4.46. The molecule has 0 bridgehead atoms. The number of carbonyl (C=O) groups excluding carboxylic acids is 1. The van der Waals surface area contributed by atoms with E-state index in [0.29, 0.717) is 23.7 Å². The van der Waals surface area contributed by atoms with Gasteiger partial charge in [-0.2, -0.15) is 5.10 Å². The maximum Gasteiger partial charge on any atom is 0.265 e. The number of carbonyl (C=O) groups is 1. The van der Waals surface area contributed by atoms with Crippen molar-refractivity contribution in [2.75, 3.05) is 11.9 Å². The van der Waals surface area contributed by atoms with E-state index in [1.165, 1.54) is 11.3 Å². The van der Waals surface area contributed by atoms with E-state index in [2.05, 4.69) is 10.4 Å². The lowest BCUT2D eigenvalue weighted by Gasteiger charge is -2.26. The van der Waals surface area contributed by atoms with Crippen LogP contribution in [0.15, 0.2) is 54.2 Å². The van der Waals surface area contributed by atoms with Crippen LogP contribution in [0.5, 0.6) is 11.5 Å². The molecule has 1 N–H and O–H groups in total. The molecule has 0 radical (unpaired) electrons. The third-order valence-electron chi connectivity index (χ3n) is 3.59. The summed E-state index contributed by atoms with van der Waals surface area (Å²) in [6, 6.07) is 11.2. The molecule has 24 heavy (non-hydrogen) atoms. The summed E-state index contributed by atoms with van der Waals surface area (Å²) in [6.45, 7) is 1.01. The van der Waals surface area contributed by atoms with Gasteiger partial charge in [-0.05, 0) is 23.6 Å². The minimum absolute atomic E-state index is 0.124. The Kier molecular flexibility index (Phi) is 3.92. The van der Waals surface area contributed by atoms with Crippen molar-refractivity contribution in [3.05, 3.63) is 59.0 Å². The number of para-hydroxylation sites is 2. The number of rotatable bonds is 4. The van der Waals surface area contributed by atoms with Crippen LogP contribution in [0.25, 0.3) is 0 Å². The van der Waals surface area contributed by atoms with Gasteiger partial charge in [0, 0.05) is 6.20 Å². The van der Waals surface area contributed by atoms with Gasteiger partial charge in [0.05, 0.1) is 23.3 Å². The first kappa shape index (κ1) is 14.8. The molecule has 4 rings (SSSR count). The predicted molar refractivity (Wildman–Crippen MR) is 90.9 cm³/mol. The number of anilines is 1. The van der Waals surface area contributed by atoms with Crippen LogP contribution in [0.1, 0.15) is 9.67 Å². The summed E-state index contributed by atoms with van der Waals surface area (Å²) in [5.74, 6) is 1.38. The summed E-state index contributed by atoms with van der Waals surface area (Å²) >= 11 is 1.40. The van der Waals surface area contributed by atoms with Gasteiger partial charge in [0.2, 0.25) is 0 Å². The molecule has 0 unspecified atom stereocenters. The van der Waals surface area contributed by atoms with Crippen molar-refractivity contribution in [1.29, 1.82) is 0 Å². The smallest absolute Gasteiger partial charge is 0.265 e. The maximum atomic E-state index is 12.0. The summed E-state index contributed by atoms with van der Waals surface area (Å²) in [6.07, 6.45) is 3.29. The average Bonchev–Trinajstić information content (AvgIpc) is 3.27. The van der Waals surface area contributed by atoms with E-state index in [1.54, 1.807) is 23.1 Å². The number of thiophene rings is 1. The minimum atomic E-state index is -0.129. The summed E-state index contributed by atoms with van der Waals surface area (Å²) < 4.78 is 13.3. The quantitative estimate of drug-likeness (QED) is 0.792. The van der Waals surface area contributed by atoms with Crippen LogP contribution in [0.3, 0.4) is 0 Å². The predicted octanol–water partition coefficient (Wildman–Crippen LogP) is 3.04. The number of nitrogens with one attached hydrogen (secondary N) is 1. The summed E-state index contributed by atoms with van der Waals surface area (Å²) in [5.41, 5.74) is 0.658. The molecule has 0 spiro atoms. The molecule has 2 aromatic heterocycles. The number of nitrogens with zero attached hydrogens (tertiary/aromatic N) is 2. The van der Waals surface area contributed by atoms with Crippen molar-refractivity contribution in [2.45, 2.75) is 12.6 Å². The van der Waals surface area contributed by atoms with Crippen molar-refractivity contribution in [3.8, 4) is 11.5 Å². The first-order valence-corrected chi connectivity index (χ1v) is 8.42. The van der Waals surface area contributed by atoms with Crippen molar-refractivity contribution in [3.63, 3.8) is 0 Å². The van der Waals surface area contributed by atoms with Crippen molar-refractivity contribution < 1.29 is 14.3 Å². The second-order valence-corrected chi connectivity index (χ2v) is 6.33. The van der Waals surface area contributed by atoms with E-state index in [0.717, 1.165) is 11.5 Å². The molecule has 7 heteroatoms. The lowest BCUT2D eigenvalue weighted by atomic mass is 10.2. The summed E-state index contributed by atoms with van der Waals surface area (Å²) in [7, 11) is 0.